The number of rotatable bonds is 11. The first-order valence-corrected chi connectivity index (χ1v) is 18.5. The number of hydrogen-bond donors (Lipinski definition) is 3. The van der Waals surface area contributed by atoms with Crippen LogP contribution in [0.4, 0.5) is 19.0 Å². The summed E-state index contributed by atoms with van der Waals surface area (Å²) in [6, 6.07) is 7.30. The summed E-state index contributed by atoms with van der Waals surface area (Å²) in [6.07, 6.45) is 3.69. The van der Waals surface area contributed by atoms with Crippen LogP contribution in [0.5, 0.6) is 11.8 Å². The topological polar surface area (TPSA) is 142 Å². The summed E-state index contributed by atoms with van der Waals surface area (Å²) in [6.45, 7) is 3.65. The number of nitrogens with one attached hydrogen (secondary N) is 1. The van der Waals surface area contributed by atoms with E-state index in [2.05, 4.69) is 30.3 Å². The maximum atomic E-state index is 17.0. The first-order chi connectivity index (χ1) is 25.9. The number of ether oxygens (including phenoxy) is 1. The molecule has 2 atom stereocenters. The third kappa shape index (κ3) is 6.46. The number of amides is 1. The van der Waals surface area contributed by atoms with Gasteiger partial charge in [0.2, 0.25) is 0 Å². The minimum Gasteiger partial charge on any atom is -0.508 e. The number of benzene rings is 2. The first kappa shape index (κ1) is 36.0. The SMILES string of the molecule is CCc1c(F)ccc2cc(O)cc(-c3ncc4c(NCc5cc(C(=O)N(C)C)nn5CC5CC(O)C5)nc(OC[C@@]56CCCN5C[C@H](F)C6)nc4c3F)c12. The van der Waals surface area contributed by atoms with Crippen LogP contribution >= 0.6 is 0 Å². The molecular formula is C39H43F3N8O4. The summed E-state index contributed by atoms with van der Waals surface area (Å²) in [4.78, 5) is 30.1. The van der Waals surface area contributed by atoms with Crippen molar-refractivity contribution in [1.82, 2.24) is 34.5 Å². The van der Waals surface area contributed by atoms with Crippen LogP contribution in [0.3, 0.4) is 0 Å². The summed E-state index contributed by atoms with van der Waals surface area (Å²) < 4.78 is 54.6. The maximum absolute atomic E-state index is 17.0. The zero-order chi connectivity index (χ0) is 37.9. The van der Waals surface area contributed by atoms with Crippen molar-refractivity contribution in [3.05, 3.63) is 65.1 Å². The molecule has 2 aromatic carbocycles. The van der Waals surface area contributed by atoms with E-state index in [1.54, 1.807) is 31.8 Å². The highest BCUT2D eigenvalue weighted by atomic mass is 19.1. The van der Waals surface area contributed by atoms with E-state index in [1.807, 2.05) is 0 Å². The molecule has 8 rings (SSSR count). The van der Waals surface area contributed by atoms with Crippen LogP contribution in [0.2, 0.25) is 0 Å². The van der Waals surface area contributed by atoms with Gasteiger partial charge >= 0.3 is 6.01 Å². The highest BCUT2D eigenvalue weighted by molar-refractivity contribution is 6.01. The molecule has 12 nitrogen and oxygen atoms in total. The van der Waals surface area contributed by atoms with E-state index in [9.17, 15) is 19.4 Å². The molecule has 15 heteroatoms. The largest absolute Gasteiger partial charge is 0.508 e. The molecule has 0 unspecified atom stereocenters. The maximum Gasteiger partial charge on any atom is 0.319 e. The molecule has 0 bridgehead atoms. The Bertz CT molecular complexity index is 2260. The number of aromatic nitrogens is 5. The Balaban J connectivity index is 1.21. The molecule has 3 aromatic heterocycles. The van der Waals surface area contributed by atoms with Crippen molar-refractivity contribution in [2.45, 2.75) is 76.4 Å². The molecule has 54 heavy (non-hydrogen) atoms. The minimum absolute atomic E-state index is 0.115. The van der Waals surface area contributed by atoms with Gasteiger partial charge in [0.05, 0.1) is 29.3 Å². The number of aliphatic hydroxyl groups excluding tert-OH is 1. The summed E-state index contributed by atoms with van der Waals surface area (Å²) in [5.41, 5.74) is 0.737. The average Bonchev–Trinajstić information content (AvgIpc) is 3.80. The van der Waals surface area contributed by atoms with Crippen molar-refractivity contribution >= 4 is 33.4 Å². The summed E-state index contributed by atoms with van der Waals surface area (Å²) in [5, 5.41) is 29.6. The van der Waals surface area contributed by atoms with Crippen molar-refractivity contribution in [2.75, 3.05) is 39.1 Å². The Morgan fingerprint density at radius 2 is 1.98 bits per heavy atom. The Labute approximate surface area is 310 Å². The highest BCUT2D eigenvalue weighted by Crippen LogP contribution is 2.42. The number of aliphatic hydroxyl groups is 1. The lowest BCUT2D eigenvalue weighted by atomic mass is 9.82. The lowest BCUT2D eigenvalue weighted by molar-refractivity contribution is 0.0332. The Morgan fingerprint density at radius 3 is 2.74 bits per heavy atom. The third-order valence-corrected chi connectivity index (χ3v) is 11.2. The molecule has 3 N–H and O–H groups in total. The van der Waals surface area contributed by atoms with E-state index >= 15 is 8.78 Å². The smallest absolute Gasteiger partial charge is 0.319 e. The number of pyridine rings is 1. The molecule has 1 saturated carbocycles. The van der Waals surface area contributed by atoms with E-state index in [0.717, 1.165) is 19.4 Å². The molecule has 3 aliphatic rings. The standard InChI is InChI=1S/C39H43F3N8O4/c1-4-27-30(41)7-6-22-12-26(52)14-28(32(22)27)34-33(42)35-29(17-43-34)36(46-38(45-35)54-20-39-8-5-9-49(39)19-23(40)15-39)44-16-24-13-31(37(53)48(2)3)47-50(24)18-21-10-25(51)11-21/h6-7,12-14,17,21,23,25,51-52H,4-5,8-11,15-16,18-20H2,1-3H3,(H,44,45,46)/t21?,23-,25?,39+/m1/s1. The number of aryl methyl sites for hydroxylation is 1. The first-order valence-electron chi connectivity index (χ1n) is 18.5. The number of alkyl halides is 1. The second-order valence-corrected chi connectivity index (χ2v) is 15.1. The number of hydrogen-bond acceptors (Lipinski definition) is 10. The zero-order valence-electron chi connectivity index (χ0n) is 30.4. The summed E-state index contributed by atoms with van der Waals surface area (Å²) in [5.74, 6) is -1.27. The van der Waals surface area contributed by atoms with Gasteiger partial charge in [0.25, 0.3) is 5.91 Å². The molecule has 2 saturated heterocycles. The van der Waals surface area contributed by atoms with Gasteiger partial charge in [-0.2, -0.15) is 15.1 Å². The lowest BCUT2D eigenvalue weighted by Gasteiger charge is -2.31. The van der Waals surface area contributed by atoms with E-state index in [0.29, 0.717) is 60.8 Å². The van der Waals surface area contributed by atoms with Gasteiger partial charge in [0, 0.05) is 45.4 Å². The van der Waals surface area contributed by atoms with Crippen LogP contribution in [-0.4, -0.2) is 102 Å². The van der Waals surface area contributed by atoms with Gasteiger partial charge in [-0.3, -0.25) is 19.4 Å². The van der Waals surface area contributed by atoms with Crippen LogP contribution in [0.1, 0.15) is 60.8 Å². The van der Waals surface area contributed by atoms with E-state index < -0.39 is 23.3 Å². The number of phenolic OH excluding ortho intramolecular Hbond substituents is 1. The van der Waals surface area contributed by atoms with Crippen molar-refractivity contribution in [3.8, 4) is 23.0 Å². The fraction of sp³-hybridized carbons (Fsp3) is 0.462. The number of carbonyl (C=O) groups excluding carboxylic acids is 1. The van der Waals surface area contributed by atoms with Gasteiger partial charge in [-0.05, 0) is 85.2 Å². The van der Waals surface area contributed by atoms with Crippen LogP contribution in [0, 0.1) is 17.6 Å². The monoisotopic (exact) mass is 744 g/mol. The highest BCUT2D eigenvalue weighted by Gasteiger charge is 2.49. The van der Waals surface area contributed by atoms with Gasteiger partial charge in [-0.1, -0.05) is 13.0 Å². The van der Waals surface area contributed by atoms with Gasteiger partial charge in [-0.25, -0.2) is 13.2 Å². The van der Waals surface area contributed by atoms with Crippen LogP contribution in [0.25, 0.3) is 32.9 Å². The second-order valence-electron chi connectivity index (χ2n) is 15.1. The molecule has 1 amide bonds. The Hall–Kier alpha value is -5.02. The fourth-order valence-electron chi connectivity index (χ4n) is 8.46. The molecule has 284 valence electrons. The second kappa shape index (κ2) is 14.0. The van der Waals surface area contributed by atoms with Crippen molar-refractivity contribution in [2.24, 2.45) is 5.92 Å². The number of carbonyl (C=O) groups is 1. The number of phenols is 1. The molecule has 2 aliphatic heterocycles. The van der Waals surface area contributed by atoms with Crippen molar-refractivity contribution in [3.63, 3.8) is 0 Å². The van der Waals surface area contributed by atoms with Crippen molar-refractivity contribution in [1.29, 1.82) is 0 Å². The predicted octanol–water partition coefficient (Wildman–Crippen LogP) is 5.63. The number of halogens is 3. The zero-order valence-corrected chi connectivity index (χ0v) is 30.4. The molecular weight excluding hydrogens is 701 g/mol. The molecule has 0 spiro atoms. The number of fused-ring (bicyclic) bond motifs is 3. The molecule has 5 heterocycles. The van der Waals surface area contributed by atoms with E-state index in [4.69, 9.17) is 4.74 Å². The quantitative estimate of drug-likeness (QED) is 0.156. The average molecular weight is 745 g/mol. The van der Waals surface area contributed by atoms with Gasteiger partial charge < -0.3 is 25.2 Å². The molecule has 5 aromatic rings. The lowest BCUT2D eigenvalue weighted by Crippen LogP contribution is -2.43. The Kier molecular flexibility index (Phi) is 9.33. The predicted molar refractivity (Wildman–Crippen MR) is 196 cm³/mol. The van der Waals surface area contributed by atoms with Crippen LogP contribution in [0.15, 0.2) is 36.5 Å². The molecule has 3 fully saturated rings. The minimum atomic E-state index is -0.970. The van der Waals surface area contributed by atoms with Crippen LogP contribution in [-0.2, 0) is 19.5 Å². The van der Waals surface area contributed by atoms with Gasteiger partial charge in [0.1, 0.15) is 41.4 Å². The van der Waals surface area contributed by atoms with E-state index in [1.165, 1.54) is 35.4 Å². The van der Waals surface area contributed by atoms with Crippen molar-refractivity contribution < 1.29 is 32.9 Å². The number of nitrogens with zero attached hydrogens (tertiary/aromatic N) is 7. The van der Waals surface area contributed by atoms with Crippen LogP contribution < -0.4 is 10.1 Å². The number of aromatic hydroxyl groups is 1. The molecule has 1 aliphatic carbocycles. The molecule has 0 radical (unpaired) electrons. The van der Waals surface area contributed by atoms with Gasteiger partial charge in [0.15, 0.2) is 11.5 Å². The number of anilines is 1. The fourth-order valence-corrected chi connectivity index (χ4v) is 8.46. The van der Waals surface area contributed by atoms with Gasteiger partial charge in [-0.15, -0.1) is 0 Å². The van der Waals surface area contributed by atoms with E-state index in [-0.39, 0.29) is 76.5 Å². The third-order valence-electron chi connectivity index (χ3n) is 11.2. The normalized spacial score (nSPS) is 22.5. The summed E-state index contributed by atoms with van der Waals surface area (Å²) >= 11 is 0. The summed E-state index contributed by atoms with van der Waals surface area (Å²) in [7, 11) is 3.30. The Morgan fingerprint density at radius 1 is 1.17 bits per heavy atom.